The highest BCUT2D eigenvalue weighted by molar-refractivity contribution is 6.04. The number of carbonyl (C=O) groups is 2. The molecule has 0 saturated carbocycles. The molecule has 0 amide bonds. The lowest BCUT2D eigenvalue weighted by atomic mass is 10.0. The largest absolute Gasteiger partial charge is 0.478 e. The highest BCUT2D eigenvalue weighted by Gasteiger charge is 2.22. The van der Waals surface area contributed by atoms with Gasteiger partial charge >= 0.3 is 11.9 Å². The van der Waals surface area contributed by atoms with Gasteiger partial charge in [-0.3, -0.25) is 4.98 Å². The van der Waals surface area contributed by atoms with Crippen LogP contribution in [0.5, 0.6) is 0 Å². The molecular weight excluding hydrogens is 236 g/mol. The quantitative estimate of drug-likeness (QED) is 0.849. The summed E-state index contributed by atoms with van der Waals surface area (Å²) in [6.45, 7) is 0. The van der Waals surface area contributed by atoms with E-state index in [-0.39, 0.29) is 11.1 Å². The average molecular weight is 244 g/mol. The fourth-order valence-electron chi connectivity index (χ4n) is 1.58. The minimum Gasteiger partial charge on any atom is -0.478 e. The molecule has 0 aliphatic rings. The number of carboxylic acid groups (broad SMARTS) is 2. The van der Waals surface area contributed by atoms with Crippen molar-refractivity contribution in [2.75, 3.05) is 0 Å². The Bertz CT molecular complexity index is 611. The first-order valence-corrected chi connectivity index (χ1v) is 4.98. The van der Waals surface area contributed by atoms with E-state index in [0.717, 1.165) is 0 Å². The van der Waals surface area contributed by atoms with Crippen LogP contribution >= 0.6 is 0 Å². The molecule has 90 valence electrons. The van der Waals surface area contributed by atoms with Crippen molar-refractivity contribution in [3.63, 3.8) is 0 Å². The van der Waals surface area contributed by atoms with Crippen LogP contribution < -0.4 is 0 Å². The van der Waals surface area contributed by atoms with Crippen molar-refractivity contribution in [1.29, 1.82) is 0 Å². The van der Waals surface area contributed by atoms with E-state index in [2.05, 4.69) is 9.97 Å². The van der Waals surface area contributed by atoms with E-state index in [1.54, 1.807) is 18.2 Å². The maximum Gasteiger partial charge on any atom is 0.355 e. The molecule has 0 aliphatic heterocycles. The Labute approximate surface area is 102 Å². The molecule has 6 nitrogen and oxygen atoms in total. The molecule has 0 spiro atoms. The van der Waals surface area contributed by atoms with Crippen molar-refractivity contribution in [1.82, 2.24) is 9.97 Å². The Kier molecular flexibility index (Phi) is 3.01. The van der Waals surface area contributed by atoms with E-state index in [1.165, 1.54) is 18.5 Å². The highest BCUT2D eigenvalue weighted by atomic mass is 16.4. The number of pyridine rings is 2. The van der Waals surface area contributed by atoms with E-state index in [4.69, 9.17) is 10.2 Å². The molecule has 2 aromatic heterocycles. The van der Waals surface area contributed by atoms with Gasteiger partial charge in [0.25, 0.3) is 0 Å². The summed E-state index contributed by atoms with van der Waals surface area (Å²) in [7, 11) is 0. The Morgan fingerprint density at radius 3 is 2.28 bits per heavy atom. The summed E-state index contributed by atoms with van der Waals surface area (Å²) in [6.07, 6.45) is 2.75. The number of aromatic nitrogens is 2. The van der Waals surface area contributed by atoms with Crippen LogP contribution in [0, 0.1) is 0 Å². The van der Waals surface area contributed by atoms with Gasteiger partial charge < -0.3 is 10.2 Å². The molecule has 6 heteroatoms. The van der Waals surface area contributed by atoms with Gasteiger partial charge in [0.15, 0.2) is 5.69 Å². The van der Waals surface area contributed by atoms with E-state index in [9.17, 15) is 9.59 Å². The second-order valence-corrected chi connectivity index (χ2v) is 3.41. The van der Waals surface area contributed by atoms with Gasteiger partial charge in [-0.2, -0.15) is 0 Å². The predicted octanol–water partition coefficient (Wildman–Crippen LogP) is 1.54. The smallest absolute Gasteiger partial charge is 0.355 e. The third kappa shape index (κ3) is 2.03. The predicted molar refractivity (Wildman–Crippen MR) is 61.4 cm³/mol. The zero-order valence-electron chi connectivity index (χ0n) is 9.07. The second kappa shape index (κ2) is 4.62. The van der Waals surface area contributed by atoms with Crippen molar-refractivity contribution in [2.24, 2.45) is 0 Å². The molecule has 0 atom stereocenters. The minimum atomic E-state index is -1.38. The third-order valence-electron chi connectivity index (χ3n) is 2.31. The molecule has 2 aromatic rings. The molecule has 0 aromatic carbocycles. The van der Waals surface area contributed by atoms with Crippen molar-refractivity contribution < 1.29 is 19.8 Å². The van der Waals surface area contributed by atoms with Crippen molar-refractivity contribution in [3.05, 3.63) is 47.9 Å². The number of rotatable bonds is 3. The molecule has 0 fully saturated rings. The van der Waals surface area contributed by atoms with E-state index in [0.29, 0.717) is 5.69 Å². The Morgan fingerprint density at radius 2 is 1.72 bits per heavy atom. The lowest BCUT2D eigenvalue weighted by Crippen LogP contribution is -2.12. The van der Waals surface area contributed by atoms with Gasteiger partial charge in [-0.25, -0.2) is 14.6 Å². The van der Waals surface area contributed by atoms with Crippen LogP contribution in [-0.4, -0.2) is 32.1 Å². The minimum absolute atomic E-state index is 0.232. The van der Waals surface area contributed by atoms with Gasteiger partial charge in [-0.15, -0.1) is 0 Å². The van der Waals surface area contributed by atoms with Crippen LogP contribution in [-0.2, 0) is 0 Å². The summed E-state index contributed by atoms with van der Waals surface area (Å²) in [5.74, 6) is -2.73. The fourth-order valence-corrected chi connectivity index (χ4v) is 1.58. The maximum absolute atomic E-state index is 11.2. The molecule has 0 aliphatic carbocycles. The van der Waals surface area contributed by atoms with Gasteiger partial charge in [-0.05, 0) is 18.2 Å². The summed E-state index contributed by atoms with van der Waals surface area (Å²) in [6, 6.07) is 6.41. The van der Waals surface area contributed by atoms with Gasteiger partial charge in [0.05, 0.1) is 5.69 Å². The van der Waals surface area contributed by atoms with Gasteiger partial charge in [-0.1, -0.05) is 6.07 Å². The van der Waals surface area contributed by atoms with Crippen LogP contribution in [0.2, 0.25) is 0 Å². The fraction of sp³-hybridized carbons (Fsp3) is 0. The van der Waals surface area contributed by atoms with E-state index in [1.807, 2.05) is 0 Å². The normalized spacial score (nSPS) is 10.0. The maximum atomic E-state index is 11.2. The number of nitrogens with zero attached hydrogens (tertiary/aromatic N) is 2. The first kappa shape index (κ1) is 11.7. The highest BCUT2D eigenvalue weighted by Crippen LogP contribution is 2.23. The summed E-state index contributed by atoms with van der Waals surface area (Å²) in [5, 5.41) is 18.1. The molecule has 0 radical (unpaired) electrons. The first-order valence-electron chi connectivity index (χ1n) is 4.98. The zero-order valence-corrected chi connectivity index (χ0v) is 9.07. The summed E-state index contributed by atoms with van der Waals surface area (Å²) >= 11 is 0. The van der Waals surface area contributed by atoms with Crippen molar-refractivity contribution in [2.45, 2.75) is 0 Å². The Balaban J connectivity index is 2.72. The van der Waals surface area contributed by atoms with Crippen LogP contribution in [0.4, 0.5) is 0 Å². The number of aromatic carboxylic acids is 2. The van der Waals surface area contributed by atoms with Crippen molar-refractivity contribution in [3.8, 4) is 11.3 Å². The molecule has 2 heterocycles. The standard InChI is InChI=1S/C12H8N2O4/c15-11(16)9-7(8-3-1-2-5-13-8)4-6-14-10(9)12(17)18/h1-6H,(H,15,16)(H,17,18). The number of carboxylic acids is 2. The van der Waals surface area contributed by atoms with Crippen LogP contribution in [0.1, 0.15) is 20.8 Å². The summed E-state index contributed by atoms with van der Waals surface area (Å²) < 4.78 is 0. The van der Waals surface area contributed by atoms with E-state index < -0.39 is 17.6 Å². The molecule has 0 bridgehead atoms. The molecule has 0 saturated heterocycles. The Morgan fingerprint density at radius 1 is 0.944 bits per heavy atom. The van der Waals surface area contributed by atoms with Crippen LogP contribution in [0.25, 0.3) is 11.3 Å². The number of hydrogen-bond acceptors (Lipinski definition) is 4. The summed E-state index contributed by atoms with van der Waals surface area (Å²) in [5.41, 5.74) is -0.232. The van der Waals surface area contributed by atoms with Gasteiger partial charge in [0.1, 0.15) is 5.56 Å². The SMILES string of the molecule is O=C(O)c1nccc(-c2ccccn2)c1C(=O)O. The van der Waals surface area contributed by atoms with Crippen LogP contribution in [0.3, 0.4) is 0 Å². The molecule has 18 heavy (non-hydrogen) atoms. The molecule has 2 N–H and O–H groups in total. The molecular formula is C12H8N2O4. The monoisotopic (exact) mass is 244 g/mol. The van der Waals surface area contributed by atoms with Gasteiger partial charge in [0.2, 0.25) is 0 Å². The second-order valence-electron chi connectivity index (χ2n) is 3.41. The van der Waals surface area contributed by atoms with Crippen molar-refractivity contribution >= 4 is 11.9 Å². The topological polar surface area (TPSA) is 100 Å². The first-order chi connectivity index (χ1) is 8.61. The van der Waals surface area contributed by atoms with E-state index >= 15 is 0 Å². The lowest BCUT2D eigenvalue weighted by molar-refractivity contribution is 0.0647. The number of hydrogen-bond donors (Lipinski definition) is 2. The molecule has 2 rings (SSSR count). The lowest BCUT2D eigenvalue weighted by Gasteiger charge is -2.07. The van der Waals surface area contributed by atoms with Gasteiger partial charge in [0, 0.05) is 18.0 Å². The van der Waals surface area contributed by atoms with Crippen LogP contribution in [0.15, 0.2) is 36.7 Å². The third-order valence-corrected chi connectivity index (χ3v) is 2.31. The summed E-state index contributed by atoms with van der Waals surface area (Å²) in [4.78, 5) is 29.7. The molecule has 0 unspecified atom stereocenters. The Hall–Kier alpha value is -2.76. The zero-order chi connectivity index (χ0) is 13.1. The average Bonchev–Trinajstić information content (AvgIpc) is 2.38.